The van der Waals surface area contributed by atoms with Crippen molar-refractivity contribution in [2.24, 2.45) is 0 Å². The summed E-state index contributed by atoms with van der Waals surface area (Å²) >= 11 is 3.78. The molecule has 2 aliphatic rings. The summed E-state index contributed by atoms with van der Waals surface area (Å²) < 4.78 is 13.1. The maximum Gasteiger partial charge on any atom is 0.164 e. The van der Waals surface area contributed by atoms with E-state index < -0.39 is 0 Å². The van der Waals surface area contributed by atoms with Crippen molar-refractivity contribution in [2.45, 2.75) is 32.6 Å². The lowest BCUT2D eigenvalue weighted by Crippen LogP contribution is -2.44. The van der Waals surface area contributed by atoms with Gasteiger partial charge >= 0.3 is 0 Å². The van der Waals surface area contributed by atoms with Crippen molar-refractivity contribution < 1.29 is 9.47 Å². The minimum absolute atomic E-state index is 0.418. The fourth-order valence-electron chi connectivity index (χ4n) is 3.41. The SMILES string of the molecule is CC(C)c1c(CCN2CCNCC2)c(Br)cc2c1OCCCO2. The average molecular weight is 383 g/mol. The number of hydrogen-bond acceptors (Lipinski definition) is 4. The molecule has 2 heterocycles. The van der Waals surface area contributed by atoms with Gasteiger partial charge in [0.1, 0.15) is 0 Å². The zero-order valence-corrected chi connectivity index (χ0v) is 15.7. The van der Waals surface area contributed by atoms with Crippen LogP contribution < -0.4 is 14.8 Å². The number of nitrogens with one attached hydrogen (secondary N) is 1. The van der Waals surface area contributed by atoms with Gasteiger partial charge in [0.05, 0.1) is 13.2 Å². The first kappa shape index (κ1) is 17.1. The van der Waals surface area contributed by atoms with Gasteiger partial charge in [-0.2, -0.15) is 0 Å². The van der Waals surface area contributed by atoms with Crippen molar-refractivity contribution >= 4 is 15.9 Å². The molecule has 0 amide bonds. The van der Waals surface area contributed by atoms with Crippen LogP contribution in [0, 0.1) is 0 Å². The Balaban J connectivity index is 1.87. The Bertz CT molecular complexity index is 542. The molecule has 0 unspecified atom stereocenters. The van der Waals surface area contributed by atoms with Gasteiger partial charge in [0.15, 0.2) is 11.5 Å². The first-order valence-electron chi connectivity index (χ1n) is 8.70. The average Bonchev–Trinajstić information content (AvgIpc) is 2.78. The van der Waals surface area contributed by atoms with Crippen molar-refractivity contribution in [1.82, 2.24) is 10.2 Å². The van der Waals surface area contributed by atoms with E-state index in [1.165, 1.54) is 11.1 Å². The molecule has 0 aliphatic carbocycles. The third kappa shape index (κ3) is 4.01. The van der Waals surface area contributed by atoms with Crippen LogP contribution in [0.2, 0.25) is 0 Å². The van der Waals surface area contributed by atoms with Gasteiger partial charge in [-0.1, -0.05) is 29.8 Å². The number of rotatable bonds is 4. The minimum atomic E-state index is 0.418. The van der Waals surface area contributed by atoms with Crippen molar-refractivity contribution in [3.63, 3.8) is 0 Å². The predicted molar refractivity (Wildman–Crippen MR) is 96.9 cm³/mol. The zero-order valence-electron chi connectivity index (χ0n) is 14.2. The normalized spacial score (nSPS) is 19.0. The van der Waals surface area contributed by atoms with Crippen LogP contribution in [-0.4, -0.2) is 50.8 Å². The second-order valence-electron chi connectivity index (χ2n) is 6.62. The summed E-state index contributed by atoms with van der Waals surface area (Å²) in [6.45, 7) is 11.5. The number of hydrogen-bond donors (Lipinski definition) is 1. The second-order valence-corrected chi connectivity index (χ2v) is 7.48. The molecule has 4 nitrogen and oxygen atoms in total. The van der Waals surface area contributed by atoms with E-state index in [2.05, 4.69) is 46.1 Å². The molecule has 1 N–H and O–H groups in total. The van der Waals surface area contributed by atoms with Gasteiger partial charge in [0, 0.05) is 49.2 Å². The van der Waals surface area contributed by atoms with Crippen molar-refractivity contribution in [3.05, 3.63) is 21.7 Å². The van der Waals surface area contributed by atoms with E-state index >= 15 is 0 Å². The van der Waals surface area contributed by atoms with Crippen LogP contribution in [0.25, 0.3) is 0 Å². The van der Waals surface area contributed by atoms with Crippen LogP contribution >= 0.6 is 15.9 Å². The van der Waals surface area contributed by atoms with Crippen LogP contribution in [0.15, 0.2) is 10.5 Å². The van der Waals surface area contributed by atoms with Gasteiger partial charge in [-0.15, -0.1) is 0 Å². The molecule has 0 bridgehead atoms. The van der Waals surface area contributed by atoms with Crippen LogP contribution in [0.1, 0.15) is 37.3 Å². The Kier molecular flexibility index (Phi) is 5.83. The standard InChI is InChI=1S/C18H27BrN2O2/c1-13(2)17-14(4-7-21-8-5-20-6-9-21)15(19)12-16-18(17)23-11-3-10-22-16/h12-13,20H,3-11H2,1-2H3. The highest BCUT2D eigenvalue weighted by atomic mass is 79.9. The monoisotopic (exact) mass is 382 g/mol. The Morgan fingerprint density at radius 2 is 1.96 bits per heavy atom. The molecule has 1 aromatic rings. The number of halogens is 1. The number of fused-ring (bicyclic) bond motifs is 1. The molecule has 23 heavy (non-hydrogen) atoms. The van der Waals surface area contributed by atoms with E-state index in [9.17, 15) is 0 Å². The first-order valence-corrected chi connectivity index (χ1v) is 9.50. The number of piperazine rings is 1. The smallest absolute Gasteiger partial charge is 0.164 e. The highest BCUT2D eigenvalue weighted by Crippen LogP contribution is 2.43. The van der Waals surface area contributed by atoms with E-state index in [1.54, 1.807) is 0 Å². The largest absolute Gasteiger partial charge is 0.490 e. The maximum atomic E-state index is 6.06. The number of nitrogens with zero attached hydrogens (tertiary/aromatic N) is 1. The lowest BCUT2D eigenvalue weighted by Gasteiger charge is -2.28. The second kappa shape index (κ2) is 7.86. The lowest BCUT2D eigenvalue weighted by molar-refractivity contribution is 0.243. The molecule has 2 aliphatic heterocycles. The molecule has 3 rings (SSSR count). The van der Waals surface area contributed by atoms with Crippen LogP contribution in [-0.2, 0) is 6.42 Å². The minimum Gasteiger partial charge on any atom is -0.490 e. The summed E-state index contributed by atoms with van der Waals surface area (Å²) in [5.41, 5.74) is 2.69. The van der Waals surface area contributed by atoms with Gasteiger partial charge in [-0.25, -0.2) is 0 Å². The van der Waals surface area contributed by atoms with Crippen LogP contribution in [0.4, 0.5) is 0 Å². The van der Waals surface area contributed by atoms with Gasteiger partial charge in [-0.05, 0) is 24.0 Å². The van der Waals surface area contributed by atoms with E-state index in [4.69, 9.17) is 9.47 Å². The van der Waals surface area contributed by atoms with Gasteiger partial charge < -0.3 is 19.7 Å². The first-order chi connectivity index (χ1) is 11.2. The summed E-state index contributed by atoms with van der Waals surface area (Å²) in [6, 6.07) is 2.10. The fraction of sp³-hybridized carbons (Fsp3) is 0.667. The molecule has 1 fully saturated rings. The number of ether oxygens (including phenoxy) is 2. The van der Waals surface area contributed by atoms with Crippen molar-refractivity contribution in [3.8, 4) is 11.5 Å². The topological polar surface area (TPSA) is 33.7 Å². The molecule has 0 atom stereocenters. The summed E-state index contributed by atoms with van der Waals surface area (Å²) in [6.07, 6.45) is 1.99. The molecule has 0 aromatic heterocycles. The molecule has 1 saturated heterocycles. The molecule has 0 spiro atoms. The van der Waals surface area contributed by atoms with Crippen molar-refractivity contribution in [1.29, 1.82) is 0 Å². The Hall–Kier alpha value is -0.780. The summed E-state index contributed by atoms with van der Waals surface area (Å²) in [4.78, 5) is 2.54. The fourth-order valence-corrected chi connectivity index (χ4v) is 4.03. The highest BCUT2D eigenvalue weighted by Gasteiger charge is 2.23. The third-order valence-corrected chi connectivity index (χ3v) is 5.30. The van der Waals surface area contributed by atoms with E-state index in [-0.39, 0.29) is 0 Å². The van der Waals surface area contributed by atoms with E-state index in [0.717, 1.165) is 74.8 Å². The quantitative estimate of drug-likeness (QED) is 0.866. The van der Waals surface area contributed by atoms with Gasteiger partial charge in [0.25, 0.3) is 0 Å². The Morgan fingerprint density at radius 3 is 2.70 bits per heavy atom. The highest BCUT2D eigenvalue weighted by molar-refractivity contribution is 9.10. The third-order valence-electron chi connectivity index (χ3n) is 4.60. The molecule has 5 heteroatoms. The van der Waals surface area contributed by atoms with Crippen LogP contribution in [0.3, 0.4) is 0 Å². The van der Waals surface area contributed by atoms with Crippen molar-refractivity contribution in [2.75, 3.05) is 45.9 Å². The lowest BCUT2D eigenvalue weighted by atomic mass is 9.93. The van der Waals surface area contributed by atoms with Gasteiger partial charge in [-0.3, -0.25) is 0 Å². The molecule has 0 radical (unpaired) electrons. The molecular weight excluding hydrogens is 356 g/mol. The Labute approximate surface area is 147 Å². The molecular formula is C18H27BrN2O2. The maximum absolute atomic E-state index is 6.06. The predicted octanol–water partition coefficient (Wildman–Crippen LogP) is 3.18. The molecule has 0 saturated carbocycles. The summed E-state index contributed by atoms with van der Waals surface area (Å²) in [5.74, 6) is 2.28. The number of benzene rings is 1. The zero-order chi connectivity index (χ0) is 16.2. The van der Waals surface area contributed by atoms with Crippen LogP contribution in [0.5, 0.6) is 11.5 Å². The van der Waals surface area contributed by atoms with Gasteiger partial charge in [0.2, 0.25) is 0 Å². The molecule has 1 aromatic carbocycles. The summed E-state index contributed by atoms with van der Waals surface area (Å²) in [7, 11) is 0. The van der Waals surface area contributed by atoms with E-state index in [1.807, 2.05) is 0 Å². The molecule has 128 valence electrons. The van der Waals surface area contributed by atoms with E-state index in [0.29, 0.717) is 5.92 Å². The Morgan fingerprint density at radius 1 is 1.22 bits per heavy atom. The summed E-state index contributed by atoms with van der Waals surface area (Å²) in [5, 5.41) is 3.41.